The van der Waals surface area contributed by atoms with Crippen LogP contribution in [0.25, 0.3) is 0 Å². The average Bonchev–Trinajstić information content (AvgIpc) is 2.99. The van der Waals surface area contributed by atoms with Crippen LogP contribution in [0.1, 0.15) is 31.4 Å². The number of urea groups is 1. The molecule has 0 spiro atoms. The van der Waals surface area contributed by atoms with Crippen LogP contribution in [0.3, 0.4) is 0 Å². The van der Waals surface area contributed by atoms with E-state index in [-0.39, 0.29) is 5.78 Å². The zero-order valence-corrected chi connectivity index (χ0v) is 17.1. The molecule has 3 rings (SSSR count). The number of carbonyl (C=O) groups is 4. The zero-order chi connectivity index (χ0) is 21.7. The van der Waals surface area contributed by atoms with E-state index in [2.05, 4.69) is 10.6 Å². The number of amides is 4. The molecule has 1 aliphatic heterocycles. The van der Waals surface area contributed by atoms with E-state index < -0.39 is 36.0 Å². The lowest BCUT2D eigenvalue weighted by Gasteiger charge is -2.25. The van der Waals surface area contributed by atoms with Gasteiger partial charge in [0.15, 0.2) is 5.78 Å². The Hall–Kier alpha value is -3.48. The van der Waals surface area contributed by atoms with Crippen molar-refractivity contribution >= 4 is 23.6 Å². The molecule has 2 N–H and O–H groups in total. The van der Waals surface area contributed by atoms with Gasteiger partial charge in [0.1, 0.15) is 12.1 Å². The van der Waals surface area contributed by atoms with Gasteiger partial charge < -0.3 is 10.6 Å². The van der Waals surface area contributed by atoms with Crippen molar-refractivity contribution < 1.29 is 19.2 Å². The van der Waals surface area contributed by atoms with E-state index in [4.69, 9.17) is 0 Å². The Morgan fingerprint density at radius 2 is 1.63 bits per heavy atom. The Morgan fingerprint density at radius 3 is 2.20 bits per heavy atom. The van der Waals surface area contributed by atoms with E-state index in [1.54, 1.807) is 31.2 Å². The SMILES string of the molecule is CCC1(c2ccccc2)NC(=O)N(CC(=O)NC(Cc2ccccc2)C(C)=O)C1=O. The molecule has 2 aromatic carbocycles. The van der Waals surface area contributed by atoms with Gasteiger partial charge in [-0.1, -0.05) is 67.6 Å². The van der Waals surface area contributed by atoms with Crippen LogP contribution in [0.2, 0.25) is 0 Å². The van der Waals surface area contributed by atoms with Crippen LogP contribution in [0, 0.1) is 0 Å². The maximum Gasteiger partial charge on any atom is 0.325 e. The summed E-state index contributed by atoms with van der Waals surface area (Å²) in [5, 5.41) is 5.40. The normalized spacial score (nSPS) is 19.3. The van der Waals surface area contributed by atoms with Crippen LogP contribution in [0.4, 0.5) is 4.79 Å². The minimum absolute atomic E-state index is 0.198. The quantitative estimate of drug-likeness (QED) is 0.656. The first-order valence-electron chi connectivity index (χ1n) is 9.90. The fourth-order valence-electron chi connectivity index (χ4n) is 3.66. The molecule has 1 saturated heterocycles. The molecular formula is C23H25N3O4. The highest BCUT2D eigenvalue weighted by molar-refractivity contribution is 6.09. The molecule has 1 fully saturated rings. The number of imide groups is 1. The van der Waals surface area contributed by atoms with Crippen LogP contribution in [0.5, 0.6) is 0 Å². The lowest BCUT2D eigenvalue weighted by molar-refractivity contribution is -0.136. The first-order chi connectivity index (χ1) is 14.4. The lowest BCUT2D eigenvalue weighted by Crippen LogP contribution is -2.48. The molecule has 7 heteroatoms. The largest absolute Gasteiger partial charge is 0.344 e. The summed E-state index contributed by atoms with van der Waals surface area (Å²) in [7, 11) is 0. The van der Waals surface area contributed by atoms with Crippen LogP contribution in [0.15, 0.2) is 60.7 Å². The molecular weight excluding hydrogens is 382 g/mol. The van der Waals surface area contributed by atoms with Gasteiger partial charge in [-0.05, 0) is 30.9 Å². The Labute approximate surface area is 175 Å². The van der Waals surface area contributed by atoms with Crippen molar-refractivity contribution in [2.75, 3.05) is 6.54 Å². The molecule has 7 nitrogen and oxygen atoms in total. The highest BCUT2D eigenvalue weighted by Gasteiger charge is 2.51. The molecule has 4 amide bonds. The number of Topliss-reactive ketones (excluding diaryl/α,β-unsaturated/α-hetero) is 1. The van der Waals surface area contributed by atoms with Gasteiger partial charge in [-0.2, -0.15) is 0 Å². The number of benzene rings is 2. The molecule has 1 heterocycles. The van der Waals surface area contributed by atoms with Crippen molar-refractivity contribution in [3.05, 3.63) is 71.8 Å². The van der Waals surface area contributed by atoms with Crippen molar-refractivity contribution in [2.45, 2.75) is 38.3 Å². The van der Waals surface area contributed by atoms with E-state index in [1.165, 1.54) is 6.92 Å². The Morgan fingerprint density at radius 1 is 1.03 bits per heavy atom. The van der Waals surface area contributed by atoms with Gasteiger partial charge in [0.2, 0.25) is 5.91 Å². The predicted octanol–water partition coefficient (Wildman–Crippen LogP) is 2.16. The van der Waals surface area contributed by atoms with Gasteiger partial charge in [0.25, 0.3) is 5.91 Å². The van der Waals surface area contributed by atoms with Crippen LogP contribution in [-0.4, -0.2) is 41.1 Å². The third-order valence-corrected chi connectivity index (χ3v) is 5.38. The van der Waals surface area contributed by atoms with Gasteiger partial charge in [-0.15, -0.1) is 0 Å². The molecule has 2 atom stereocenters. The third-order valence-electron chi connectivity index (χ3n) is 5.38. The summed E-state index contributed by atoms with van der Waals surface area (Å²) in [6.07, 6.45) is 0.689. The average molecular weight is 407 g/mol. The topological polar surface area (TPSA) is 95.6 Å². The van der Waals surface area contributed by atoms with E-state index in [9.17, 15) is 19.2 Å². The van der Waals surface area contributed by atoms with Crippen molar-refractivity contribution in [2.24, 2.45) is 0 Å². The first kappa shape index (κ1) is 21.2. The fraction of sp³-hybridized carbons (Fsp3) is 0.304. The summed E-state index contributed by atoms with van der Waals surface area (Å²) < 4.78 is 0. The van der Waals surface area contributed by atoms with Crippen LogP contribution < -0.4 is 10.6 Å². The van der Waals surface area contributed by atoms with Crippen LogP contribution in [-0.2, 0) is 26.3 Å². The van der Waals surface area contributed by atoms with E-state index >= 15 is 0 Å². The molecule has 0 aliphatic carbocycles. The van der Waals surface area contributed by atoms with Crippen molar-refractivity contribution in [3.63, 3.8) is 0 Å². The second kappa shape index (κ2) is 8.90. The number of rotatable bonds is 8. The monoisotopic (exact) mass is 407 g/mol. The lowest BCUT2D eigenvalue weighted by atomic mass is 9.87. The van der Waals surface area contributed by atoms with Gasteiger partial charge in [-0.25, -0.2) is 4.79 Å². The van der Waals surface area contributed by atoms with Crippen LogP contribution >= 0.6 is 0 Å². The van der Waals surface area contributed by atoms with E-state index in [0.717, 1.165) is 10.5 Å². The smallest absolute Gasteiger partial charge is 0.325 e. The van der Waals surface area contributed by atoms with Gasteiger partial charge in [0, 0.05) is 0 Å². The number of hydrogen-bond acceptors (Lipinski definition) is 4. The molecule has 1 aliphatic rings. The van der Waals surface area contributed by atoms with Gasteiger partial charge in [0.05, 0.1) is 6.04 Å². The van der Waals surface area contributed by atoms with Gasteiger partial charge >= 0.3 is 6.03 Å². The fourth-order valence-corrected chi connectivity index (χ4v) is 3.66. The molecule has 2 unspecified atom stereocenters. The maximum absolute atomic E-state index is 13.1. The second-order valence-electron chi connectivity index (χ2n) is 7.37. The standard InChI is InChI=1S/C23H25N3O4/c1-3-23(18-12-8-5-9-13-18)21(29)26(22(30)25-23)15-20(28)24-19(16(2)27)14-17-10-6-4-7-11-17/h4-13,19H,3,14-15H2,1-2H3,(H,24,28)(H,25,30). The Bertz CT molecular complexity index is 945. The molecule has 30 heavy (non-hydrogen) atoms. The molecule has 156 valence electrons. The van der Waals surface area contributed by atoms with Crippen molar-refractivity contribution in [1.82, 2.24) is 15.5 Å². The number of ketones is 1. The van der Waals surface area contributed by atoms with Crippen molar-refractivity contribution in [1.29, 1.82) is 0 Å². The summed E-state index contributed by atoms with van der Waals surface area (Å²) >= 11 is 0. The van der Waals surface area contributed by atoms with E-state index in [1.807, 2.05) is 36.4 Å². The highest BCUT2D eigenvalue weighted by atomic mass is 16.2. The number of hydrogen-bond donors (Lipinski definition) is 2. The second-order valence-corrected chi connectivity index (χ2v) is 7.37. The summed E-state index contributed by atoms with van der Waals surface area (Å²) in [5.74, 6) is -1.23. The highest BCUT2D eigenvalue weighted by Crippen LogP contribution is 2.32. The Kier molecular flexibility index (Phi) is 6.30. The first-order valence-corrected chi connectivity index (χ1v) is 9.90. The van der Waals surface area contributed by atoms with Crippen molar-refractivity contribution in [3.8, 4) is 0 Å². The zero-order valence-electron chi connectivity index (χ0n) is 17.1. The molecule has 0 aromatic heterocycles. The summed E-state index contributed by atoms with van der Waals surface area (Å²) in [6, 6.07) is 16.9. The predicted molar refractivity (Wildman–Crippen MR) is 111 cm³/mol. The van der Waals surface area contributed by atoms with Gasteiger partial charge in [-0.3, -0.25) is 19.3 Å². The maximum atomic E-state index is 13.1. The molecule has 0 saturated carbocycles. The summed E-state index contributed by atoms with van der Waals surface area (Å²) in [6.45, 7) is 2.76. The third kappa shape index (κ3) is 4.25. The van der Waals surface area contributed by atoms with E-state index in [0.29, 0.717) is 18.4 Å². The number of nitrogens with one attached hydrogen (secondary N) is 2. The summed E-state index contributed by atoms with van der Waals surface area (Å²) in [5.41, 5.74) is 0.379. The summed E-state index contributed by atoms with van der Waals surface area (Å²) in [4.78, 5) is 51.1. The minimum atomic E-state index is -1.19. The Balaban J connectivity index is 1.72. The molecule has 2 aromatic rings. The molecule has 0 radical (unpaired) electrons. The molecule has 0 bridgehead atoms. The minimum Gasteiger partial charge on any atom is -0.344 e. The number of carbonyl (C=O) groups excluding carboxylic acids is 4. The number of nitrogens with zero attached hydrogens (tertiary/aromatic N) is 1.